The van der Waals surface area contributed by atoms with Gasteiger partial charge in [0.15, 0.2) is 0 Å². The largest absolute Gasteiger partial charge is 0.311 e. The Kier molecular flexibility index (Phi) is 14.1. The zero-order chi connectivity index (χ0) is 70.8. The summed E-state index contributed by atoms with van der Waals surface area (Å²) >= 11 is 0. The number of nitrogens with zero attached hydrogens (tertiary/aromatic N) is 4. The van der Waals surface area contributed by atoms with Crippen molar-refractivity contribution in [2.45, 2.75) is 103 Å². The van der Waals surface area contributed by atoms with Crippen molar-refractivity contribution >= 4 is 101 Å². The summed E-state index contributed by atoms with van der Waals surface area (Å²) in [6.45, 7) is 19.3. The second kappa shape index (κ2) is 23.4. The predicted octanol–water partition coefficient (Wildman–Crippen LogP) is 25.0. The number of fused-ring (bicyclic) bond motifs is 12. The number of hydrogen-bond acceptors (Lipinski definition) is 2. The molecule has 0 saturated carbocycles. The first-order valence-electron chi connectivity index (χ1n) is 37.8. The third kappa shape index (κ3) is 10.0. The highest BCUT2D eigenvalue weighted by molar-refractivity contribution is 7.00. The van der Waals surface area contributed by atoms with E-state index in [2.05, 4.69) is 384 Å². The molecule has 5 heteroatoms. The molecule has 0 bridgehead atoms. The molecule has 0 fully saturated rings. The molecule has 105 heavy (non-hydrogen) atoms. The van der Waals surface area contributed by atoms with Gasteiger partial charge >= 0.3 is 0 Å². The molecule has 4 aliphatic rings. The van der Waals surface area contributed by atoms with Crippen molar-refractivity contribution in [2.75, 3.05) is 9.80 Å². The van der Waals surface area contributed by atoms with Crippen LogP contribution in [0.3, 0.4) is 0 Å². The SMILES string of the molecule is CC1(C)CCC(C)(C)c2cc(-c3ccc(N4c5cc(-c6ccccc6)ccc5B5c6ccc(-n7c8ccccc8c8ccccc87)cc6N(c6ccc(-c7ccc8c(c7)C(C)(C)CCC8(C)C)cc6)c6cc(-n7c8ccc(-c9ccccc9)cc8c8cc(-c9ccccc9)ccc87)cc4c65)cc3)ccc21. The van der Waals surface area contributed by atoms with E-state index in [9.17, 15) is 0 Å². The summed E-state index contributed by atoms with van der Waals surface area (Å²) in [7, 11) is 0. The lowest BCUT2D eigenvalue weighted by atomic mass is 9.33. The number of aromatic nitrogens is 2. The molecule has 16 aromatic rings. The van der Waals surface area contributed by atoms with Crippen molar-refractivity contribution in [3.8, 4) is 67.0 Å². The fraction of sp³-hybridized carbons (Fsp3) is 0.160. The summed E-state index contributed by atoms with van der Waals surface area (Å²) in [4.78, 5) is 5.25. The zero-order valence-corrected chi connectivity index (χ0v) is 61.1. The molecule has 506 valence electrons. The van der Waals surface area contributed by atoms with Gasteiger partial charge < -0.3 is 18.9 Å². The molecule has 14 aromatic carbocycles. The van der Waals surface area contributed by atoms with E-state index in [1.165, 1.54) is 146 Å². The molecule has 0 saturated heterocycles. The molecule has 0 N–H and O–H groups in total. The van der Waals surface area contributed by atoms with E-state index in [-0.39, 0.29) is 28.4 Å². The number of hydrogen-bond donors (Lipinski definition) is 0. The average Bonchev–Trinajstić information content (AvgIpc) is 1.17. The summed E-state index contributed by atoms with van der Waals surface area (Å²) in [5.41, 5.74) is 35.8. The Morgan fingerprint density at radius 2 is 0.543 bits per heavy atom. The van der Waals surface area contributed by atoms with Crippen LogP contribution in [-0.4, -0.2) is 15.8 Å². The Hall–Kier alpha value is -11.7. The lowest BCUT2D eigenvalue weighted by Gasteiger charge is -2.44. The van der Waals surface area contributed by atoms with Crippen LogP contribution in [0.2, 0.25) is 0 Å². The van der Waals surface area contributed by atoms with E-state index < -0.39 is 0 Å². The first-order valence-corrected chi connectivity index (χ1v) is 37.8. The van der Waals surface area contributed by atoms with Crippen LogP contribution in [-0.2, 0) is 21.7 Å². The molecule has 4 heterocycles. The molecule has 2 aromatic heterocycles. The zero-order valence-electron chi connectivity index (χ0n) is 61.1. The number of benzene rings is 14. The summed E-state index contributed by atoms with van der Waals surface area (Å²) in [6.07, 6.45) is 4.70. The fourth-order valence-corrected chi connectivity index (χ4v) is 18.9. The highest BCUT2D eigenvalue weighted by Crippen LogP contribution is 2.52. The van der Waals surface area contributed by atoms with E-state index in [1.54, 1.807) is 0 Å². The second-order valence-electron chi connectivity index (χ2n) is 32.9. The van der Waals surface area contributed by atoms with Gasteiger partial charge in [-0.2, -0.15) is 0 Å². The maximum atomic E-state index is 2.63. The maximum absolute atomic E-state index is 2.63. The Morgan fingerprint density at radius 3 is 1.00 bits per heavy atom. The first kappa shape index (κ1) is 63.1. The van der Waals surface area contributed by atoms with Gasteiger partial charge in [-0.15, -0.1) is 0 Å². The minimum Gasteiger partial charge on any atom is -0.311 e. The fourth-order valence-electron chi connectivity index (χ4n) is 18.9. The number of rotatable bonds is 9. The van der Waals surface area contributed by atoms with Crippen molar-refractivity contribution in [3.05, 3.63) is 332 Å². The average molecular weight is 1350 g/mol. The van der Waals surface area contributed by atoms with E-state index in [0.717, 1.165) is 63.0 Å². The van der Waals surface area contributed by atoms with Crippen molar-refractivity contribution in [1.29, 1.82) is 0 Å². The third-order valence-corrected chi connectivity index (χ3v) is 24.8. The van der Waals surface area contributed by atoms with Gasteiger partial charge in [-0.25, -0.2) is 0 Å². The van der Waals surface area contributed by atoms with Crippen LogP contribution in [0.5, 0.6) is 0 Å². The van der Waals surface area contributed by atoms with Crippen LogP contribution in [0.1, 0.15) is 103 Å². The van der Waals surface area contributed by atoms with Crippen molar-refractivity contribution in [1.82, 2.24) is 9.13 Å². The second-order valence-corrected chi connectivity index (χ2v) is 32.9. The molecule has 20 rings (SSSR count). The van der Waals surface area contributed by atoms with Gasteiger partial charge in [0, 0.05) is 61.4 Å². The monoisotopic (exact) mass is 1350 g/mol. The summed E-state index contributed by atoms with van der Waals surface area (Å²) in [5, 5.41) is 4.89. The van der Waals surface area contributed by atoms with Crippen LogP contribution >= 0.6 is 0 Å². The topological polar surface area (TPSA) is 16.3 Å². The Morgan fingerprint density at radius 1 is 0.229 bits per heavy atom. The predicted molar refractivity (Wildman–Crippen MR) is 447 cm³/mol. The molecular weight excluding hydrogens is 1270 g/mol. The van der Waals surface area contributed by atoms with Crippen LogP contribution in [0.4, 0.5) is 34.1 Å². The highest BCUT2D eigenvalue weighted by Gasteiger charge is 2.45. The summed E-state index contributed by atoms with van der Waals surface area (Å²) in [5.74, 6) is 0. The normalized spacial score (nSPS) is 15.7. The highest BCUT2D eigenvalue weighted by atomic mass is 15.2. The molecule has 0 amide bonds. The smallest absolute Gasteiger partial charge is 0.252 e. The minimum absolute atomic E-state index is 0.0753. The Bertz CT molecular complexity index is 6060. The van der Waals surface area contributed by atoms with E-state index in [4.69, 9.17) is 0 Å². The first-order chi connectivity index (χ1) is 51.0. The quantitative estimate of drug-likeness (QED) is 0.134. The van der Waals surface area contributed by atoms with Gasteiger partial charge in [-0.05, 0) is 233 Å². The molecule has 0 unspecified atom stereocenters. The maximum Gasteiger partial charge on any atom is 0.252 e. The lowest BCUT2D eigenvalue weighted by Crippen LogP contribution is -2.61. The van der Waals surface area contributed by atoms with Gasteiger partial charge in [-0.3, -0.25) is 0 Å². The van der Waals surface area contributed by atoms with E-state index in [0.29, 0.717) is 0 Å². The van der Waals surface area contributed by atoms with Crippen molar-refractivity contribution < 1.29 is 0 Å². The van der Waals surface area contributed by atoms with Gasteiger partial charge in [0.25, 0.3) is 6.71 Å². The Labute approximate surface area is 617 Å². The third-order valence-electron chi connectivity index (χ3n) is 24.8. The lowest BCUT2D eigenvalue weighted by molar-refractivity contribution is 0.332. The van der Waals surface area contributed by atoms with Gasteiger partial charge in [-0.1, -0.05) is 274 Å². The summed E-state index contributed by atoms with van der Waals surface area (Å²) in [6, 6.07) is 118. The van der Waals surface area contributed by atoms with Crippen molar-refractivity contribution in [2.24, 2.45) is 0 Å². The van der Waals surface area contributed by atoms with Crippen LogP contribution in [0.25, 0.3) is 111 Å². The molecule has 2 aliphatic carbocycles. The van der Waals surface area contributed by atoms with E-state index in [1.807, 2.05) is 0 Å². The van der Waals surface area contributed by atoms with E-state index >= 15 is 0 Å². The Balaban J connectivity index is 0.872. The van der Waals surface area contributed by atoms with Gasteiger partial charge in [0.2, 0.25) is 0 Å². The molecule has 0 spiro atoms. The molecule has 4 nitrogen and oxygen atoms in total. The molecule has 0 atom stereocenters. The molecule has 2 aliphatic heterocycles. The van der Waals surface area contributed by atoms with Gasteiger partial charge in [0.05, 0.1) is 27.8 Å². The standard InChI is InChI=1S/C100H83BN4/c1-97(2)52-54-99(5,6)84-58-71(36-46-82(84)97)67-32-41-74(42-33-67)102-92-60-73(66-26-16-11-17-27-66)38-48-86(92)101-87-49-45-76(104-88-30-20-18-28-78(88)79-29-19-21-31-89(79)104)61-93(87)103(75-43-34-68(35-44-75)72-37-47-83-85(59-72)100(7,8)55-53-98(83,3)4)95-63-77(62-94(102)96(95)101)105-90-50-39-69(64-22-12-9-13-23-64)56-80(90)81-57-70(40-51-91(81)105)65-24-14-10-15-25-65/h9-51,56-63H,52-55H2,1-8H3. The minimum atomic E-state index is -0.164. The number of anilines is 6. The van der Waals surface area contributed by atoms with Crippen molar-refractivity contribution in [3.63, 3.8) is 0 Å². The van der Waals surface area contributed by atoms with Crippen LogP contribution < -0.4 is 26.2 Å². The van der Waals surface area contributed by atoms with Gasteiger partial charge in [0.1, 0.15) is 0 Å². The van der Waals surface area contributed by atoms with Crippen LogP contribution in [0.15, 0.2) is 309 Å². The summed E-state index contributed by atoms with van der Waals surface area (Å²) < 4.78 is 5.06. The number of para-hydroxylation sites is 2. The van der Waals surface area contributed by atoms with Crippen LogP contribution in [0, 0.1) is 0 Å². The molecular formula is C100H83BN4. The molecule has 0 radical (unpaired) electrons.